The number of amides is 2. The summed E-state index contributed by atoms with van der Waals surface area (Å²) in [5.41, 5.74) is 3.12. The number of hydrogen-bond donors (Lipinski definition) is 2. The Morgan fingerprint density at radius 2 is 1.76 bits per heavy atom. The average molecular weight is 338 g/mol. The fourth-order valence-corrected chi connectivity index (χ4v) is 2.20. The first-order chi connectivity index (χ1) is 12.2. The Balaban J connectivity index is 1.83. The molecule has 0 aromatic heterocycles. The second kappa shape index (κ2) is 9.93. The molecule has 0 fully saturated rings. The maximum absolute atomic E-state index is 11.7. The van der Waals surface area contributed by atoms with Crippen LogP contribution in [-0.4, -0.2) is 31.7 Å². The summed E-state index contributed by atoms with van der Waals surface area (Å²) in [7, 11) is 0. The highest BCUT2D eigenvalue weighted by atomic mass is 16.5. The van der Waals surface area contributed by atoms with Gasteiger partial charge in [0, 0.05) is 12.6 Å². The van der Waals surface area contributed by atoms with E-state index in [2.05, 4.69) is 10.6 Å². The van der Waals surface area contributed by atoms with Gasteiger partial charge in [-0.05, 0) is 35.8 Å². The van der Waals surface area contributed by atoms with Crippen LogP contribution >= 0.6 is 0 Å². The molecule has 0 bridgehead atoms. The molecular formula is C20H22N2O3. The van der Waals surface area contributed by atoms with Gasteiger partial charge in [-0.25, -0.2) is 9.59 Å². The first-order valence-electron chi connectivity index (χ1n) is 8.21. The lowest BCUT2D eigenvalue weighted by atomic mass is 10.0. The minimum Gasteiger partial charge on any atom is -0.461 e. The van der Waals surface area contributed by atoms with Gasteiger partial charge in [-0.3, -0.25) is 0 Å². The van der Waals surface area contributed by atoms with Crippen LogP contribution in [0.3, 0.4) is 0 Å². The second-order valence-corrected chi connectivity index (χ2v) is 5.28. The Morgan fingerprint density at radius 1 is 1.00 bits per heavy atom. The summed E-state index contributed by atoms with van der Waals surface area (Å²) in [5.74, 6) is -0.442. The predicted octanol–water partition coefficient (Wildman–Crippen LogP) is 3.23. The lowest BCUT2D eigenvalue weighted by Gasteiger charge is -2.05. The molecule has 130 valence electrons. The number of esters is 1. The lowest BCUT2D eigenvalue weighted by molar-refractivity contribution is -0.137. The number of urea groups is 1. The summed E-state index contributed by atoms with van der Waals surface area (Å²) >= 11 is 0. The summed E-state index contributed by atoms with van der Waals surface area (Å²) in [5, 5.41) is 5.18. The van der Waals surface area contributed by atoms with E-state index in [4.69, 9.17) is 4.74 Å². The fraction of sp³-hybridized carbons (Fsp3) is 0.200. The molecule has 0 unspecified atom stereocenters. The van der Waals surface area contributed by atoms with Crippen LogP contribution in [-0.2, 0) is 9.53 Å². The van der Waals surface area contributed by atoms with Crippen molar-refractivity contribution in [2.45, 2.75) is 6.92 Å². The third kappa shape index (κ3) is 6.51. The third-order valence-electron chi connectivity index (χ3n) is 3.37. The average Bonchev–Trinajstić information content (AvgIpc) is 2.65. The van der Waals surface area contributed by atoms with Gasteiger partial charge < -0.3 is 15.4 Å². The largest absolute Gasteiger partial charge is 0.461 e. The SMILES string of the molecule is CCNC(=O)NCCOC(=O)/C=C/c1cccc(-c2ccccc2)c1. The minimum atomic E-state index is -0.442. The van der Waals surface area contributed by atoms with Crippen molar-refractivity contribution in [3.05, 3.63) is 66.2 Å². The standard InChI is InChI=1S/C20H22N2O3/c1-2-21-20(24)22-13-14-25-19(23)12-11-16-7-6-10-18(15-16)17-8-4-3-5-9-17/h3-12,15H,2,13-14H2,1H3,(H2,21,22,24)/b12-11+. The van der Waals surface area contributed by atoms with Crippen molar-refractivity contribution >= 4 is 18.1 Å². The summed E-state index contributed by atoms with van der Waals surface area (Å²) in [4.78, 5) is 22.9. The van der Waals surface area contributed by atoms with Crippen LogP contribution in [0.15, 0.2) is 60.7 Å². The molecule has 25 heavy (non-hydrogen) atoms. The minimum absolute atomic E-state index is 0.129. The van der Waals surface area contributed by atoms with Gasteiger partial charge in [0.25, 0.3) is 0 Å². The van der Waals surface area contributed by atoms with E-state index in [-0.39, 0.29) is 19.2 Å². The Bertz CT molecular complexity index is 727. The molecule has 0 aliphatic heterocycles. The second-order valence-electron chi connectivity index (χ2n) is 5.28. The predicted molar refractivity (Wildman–Crippen MR) is 98.9 cm³/mol. The van der Waals surface area contributed by atoms with Crippen LogP contribution < -0.4 is 10.6 Å². The van der Waals surface area contributed by atoms with Gasteiger partial charge in [0.1, 0.15) is 6.61 Å². The van der Waals surface area contributed by atoms with Gasteiger partial charge in [0.2, 0.25) is 0 Å². The molecular weight excluding hydrogens is 316 g/mol. The van der Waals surface area contributed by atoms with Gasteiger partial charge in [-0.15, -0.1) is 0 Å². The number of nitrogens with one attached hydrogen (secondary N) is 2. The molecule has 0 radical (unpaired) electrons. The number of rotatable bonds is 7. The van der Waals surface area contributed by atoms with Gasteiger partial charge >= 0.3 is 12.0 Å². The van der Waals surface area contributed by atoms with E-state index in [1.54, 1.807) is 6.08 Å². The van der Waals surface area contributed by atoms with E-state index < -0.39 is 5.97 Å². The van der Waals surface area contributed by atoms with Crippen molar-refractivity contribution in [2.24, 2.45) is 0 Å². The zero-order chi connectivity index (χ0) is 17.9. The van der Waals surface area contributed by atoms with E-state index in [0.29, 0.717) is 6.54 Å². The Kier molecular flexibility index (Phi) is 7.25. The van der Waals surface area contributed by atoms with Crippen LogP contribution in [0, 0.1) is 0 Å². The maximum atomic E-state index is 11.7. The van der Waals surface area contributed by atoms with Crippen LogP contribution in [0.1, 0.15) is 12.5 Å². The molecule has 2 N–H and O–H groups in total. The highest BCUT2D eigenvalue weighted by molar-refractivity contribution is 5.87. The quantitative estimate of drug-likeness (QED) is 0.463. The van der Waals surface area contributed by atoms with Gasteiger partial charge in [-0.1, -0.05) is 48.5 Å². The normalized spacial score (nSPS) is 10.4. The molecule has 5 heteroatoms. The summed E-state index contributed by atoms with van der Waals surface area (Å²) in [6.07, 6.45) is 3.10. The van der Waals surface area contributed by atoms with Gasteiger partial charge in [-0.2, -0.15) is 0 Å². The molecule has 0 heterocycles. The fourth-order valence-electron chi connectivity index (χ4n) is 2.20. The Labute approximate surface area is 147 Å². The third-order valence-corrected chi connectivity index (χ3v) is 3.37. The molecule has 0 aliphatic rings. The summed E-state index contributed by atoms with van der Waals surface area (Å²) < 4.78 is 5.04. The van der Waals surface area contributed by atoms with Crippen molar-refractivity contribution in [1.82, 2.24) is 10.6 Å². The molecule has 2 aromatic rings. The highest BCUT2D eigenvalue weighted by Gasteiger charge is 2.01. The van der Waals surface area contributed by atoms with E-state index >= 15 is 0 Å². The maximum Gasteiger partial charge on any atom is 0.330 e. The number of hydrogen-bond acceptors (Lipinski definition) is 3. The molecule has 0 aliphatic carbocycles. The summed E-state index contributed by atoms with van der Waals surface area (Å²) in [6, 6.07) is 17.7. The van der Waals surface area contributed by atoms with Crippen LogP contribution in [0.5, 0.6) is 0 Å². The van der Waals surface area contributed by atoms with E-state index in [0.717, 1.165) is 16.7 Å². The zero-order valence-electron chi connectivity index (χ0n) is 14.2. The van der Waals surface area contributed by atoms with Crippen molar-refractivity contribution < 1.29 is 14.3 Å². The molecule has 2 rings (SSSR count). The molecule has 0 spiro atoms. The van der Waals surface area contributed by atoms with Crippen molar-refractivity contribution in [2.75, 3.05) is 19.7 Å². The van der Waals surface area contributed by atoms with E-state index in [1.807, 2.05) is 61.5 Å². The Morgan fingerprint density at radius 3 is 2.52 bits per heavy atom. The molecule has 0 atom stereocenters. The first kappa shape index (κ1) is 18.3. The van der Waals surface area contributed by atoms with Crippen molar-refractivity contribution in [3.8, 4) is 11.1 Å². The van der Waals surface area contributed by atoms with Crippen molar-refractivity contribution in [1.29, 1.82) is 0 Å². The van der Waals surface area contributed by atoms with Crippen LogP contribution in [0.2, 0.25) is 0 Å². The number of carbonyl (C=O) groups excluding carboxylic acids is 2. The van der Waals surface area contributed by atoms with Gasteiger partial charge in [0.15, 0.2) is 0 Å². The van der Waals surface area contributed by atoms with Crippen LogP contribution in [0.4, 0.5) is 4.79 Å². The smallest absolute Gasteiger partial charge is 0.330 e. The molecule has 0 saturated heterocycles. The number of ether oxygens (including phenoxy) is 1. The summed E-state index contributed by atoms with van der Waals surface area (Å²) in [6.45, 7) is 2.78. The highest BCUT2D eigenvalue weighted by Crippen LogP contribution is 2.20. The number of carbonyl (C=O) groups is 2. The number of benzene rings is 2. The molecule has 2 amide bonds. The van der Waals surface area contributed by atoms with E-state index in [9.17, 15) is 9.59 Å². The first-order valence-corrected chi connectivity index (χ1v) is 8.21. The topological polar surface area (TPSA) is 67.4 Å². The Hall–Kier alpha value is -3.08. The molecule has 5 nitrogen and oxygen atoms in total. The van der Waals surface area contributed by atoms with Crippen LogP contribution in [0.25, 0.3) is 17.2 Å². The van der Waals surface area contributed by atoms with Crippen molar-refractivity contribution in [3.63, 3.8) is 0 Å². The van der Waals surface area contributed by atoms with Gasteiger partial charge in [0.05, 0.1) is 6.54 Å². The molecule has 2 aromatic carbocycles. The van der Waals surface area contributed by atoms with E-state index in [1.165, 1.54) is 6.08 Å². The monoisotopic (exact) mass is 338 g/mol. The zero-order valence-corrected chi connectivity index (χ0v) is 14.2. The lowest BCUT2D eigenvalue weighted by Crippen LogP contribution is -2.37. The molecule has 0 saturated carbocycles.